The average Bonchev–Trinajstić information content (AvgIpc) is 3.33. The van der Waals surface area contributed by atoms with Crippen LogP contribution in [-0.4, -0.2) is 50.3 Å². The van der Waals surface area contributed by atoms with E-state index in [1.165, 1.54) is 6.07 Å². The van der Waals surface area contributed by atoms with Gasteiger partial charge in [0.15, 0.2) is 17.1 Å². The van der Waals surface area contributed by atoms with Crippen molar-refractivity contribution in [3.8, 4) is 11.5 Å². The number of nitrogens with zero attached hydrogens (tertiary/aromatic N) is 1. The van der Waals surface area contributed by atoms with Gasteiger partial charge in [0.1, 0.15) is 6.10 Å². The monoisotopic (exact) mass is 354 g/mol. The van der Waals surface area contributed by atoms with E-state index in [0.717, 1.165) is 30.7 Å². The molecule has 0 amide bonds. The molecule has 1 unspecified atom stereocenters. The minimum atomic E-state index is -2.90. The average molecular weight is 354 g/mol. The minimum Gasteiger partial charge on any atom is -0.485 e. The van der Waals surface area contributed by atoms with Crippen LogP contribution in [0.15, 0.2) is 23.4 Å². The number of hydrogen-bond donors (Lipinski definition) is 1. The SMILES string of the molecule is FC(F)Oc1ccc(C2=NOC3(CCOC3)C2)cc1O[C@H]1CCNC1. The first-order valence-corrected chi connectivity index (χ1v) is 8.43. The van der Waals surface area contributed by atoms with E-state index in [-0.39, 0.29) is 17.5 Å². The Morgan fingerprint density at radius 2 is 2.24 bits per heavy atom. The molecular weight excluding hydrogens is 334 g/mol. The maximum atomic E-state index is 12.7. The summed E-state index contributed by atoms with van der Waals surface area (Å²) in [5, 5.41) is 7.37. The topological polar surface area (TPSA) is 61.3 Å². The Labute approximate surface area is 144 Å². The fourth-order valence-corrected chi connectivity index (χ4v) is 3.36. The van der Waals surface area contributed by atoms with Crippen LogP contribution in [0.1, 0.15) is 24.8 Å². The van der Waals surface area contributed by atoms with Crippen molar-refractivity contribution < 1.29 is 27.8 Å². The molecule has 6 nitrogen and oxygen atoms in total. The number of hydrogen-bond acceptors (Lipinski definition) is 6. The van der Waals surface area contributed by atoms with E-state index in [1.54, 1.807) is 12.1 Å². The number of nitrogens with one attached hydrogen (secondary N) is 1. The van der Waals surface area contributed by atoms with E-state index in [2.05, 4.69) is 15.2 Å². The summed E-state index contributed by atoms with van der Waals surface area (Å²) in [6.07, 6.45) is 2.19. The Morgan fingerprint density at radius 1 is 1.32 bits per heavy atom. The highest BCUT2D eigenvalue weighted by Gasteiger charge is 2.43. The third-order valence-corrected chi connectivity index (χ3v) is 4.71. The molecular formula is C17H20F2N2O4. The molecule has 2 atom stereocenters. The number of rotatable bonds is 5. The fourth-order valence-electron chi connectivity index (χ4n) is 3.36. The predicted octanol–water partition coefficient (Wildman–Crippen LogP) is 2.31. The lowest BCUT2D eigenvalue weighted by Gasteiger charge is -2.18. The first-order valence-electron chi connectivity index (χ1n) is 8.43. The molecule has 136 valence electrons. The van der Waals surface area contributed by atoms with Crippen LogP contribution in [0.25, 0.3) is 0 Å². The van der Waals surface area contributed by atoms with Crippen LogP contribution in [0.5, 0.6) is 11.5 Å². The van der Waals surface area contributed by atoms with E-state index < -0.39 is 6.61 Å². The Kier molecular flexibility index (Phi) is 4.47. The lowest BCUT2D eigenvalue weighted by molar-refractivity contribution is -0.0519. The second kappa shape index (κ2) is 6.76. The number of halogens is 2. The molecule has 2 saturated heterocycles. The molecule has 0 saturated carbocycles. The molecule has 0 aromatic heterocycles. The van der Waals surface area contributed by atoms with E-state index in [4.69, 9.17) is 14.3 Å². The first-order chi connectivity index (χ1) is 12.1. The summed E-state index contributed by atoms with van der Waals surface area (Å²) >= 11 is 0. The van der Waals surface area contributed by atoms with Gasteiger partial charge in [-0.3, -0.25) is 0 Å². The summed E-state index contributed by atoms with van der Waals surface area (Å²) in [6, 6.07) is 4.90. The number of benzene rings is 1. The van der Waals surface area contributed by atoms with E-state index in [0.29, 0.717) is 31.9 Å². The lowest BCUT2D eigenvalue weighted by atomic mass is 9.93. The van der Waals surface area contributed by atoms with Crippen LogP contribution < -0.4 is 14.8 Å². The zero-order valence-electron chi connectivity index (χ0n) is 13.7. The Hall–Kier alpha value is -1.93. The van der Waals surface area contributed by atoms with Gasteiger partial charge in [-0.1, -0.05) is 5.16 Å². The van der Waals surface area contributed by atoms with Crippen LogP contribution in [0.4, 0.5) is 8.78 Å². The van der Waals surface area contributed by atoms with Crippen molar-refractivity contribution in [2.75, 3.05) is 26.3 Å². The van der Waals surface area contributed by atoms with Gasteiger partial charge in [0, 0.05) is 24.9 Å². The quantitative estimate of drug-likeness (QED) is 0.879. The highest BCUT2D eigenvalue weighted by atomic mass is 19.3. The highest BCUT2D eigenvalue weighted by Crippen LogP contribution is 2.37. The zero-order chi connectivity index (χ0) is 17.3. The molecule has 3 aliphatic rings. The van der Waals surface area contributed by atoms with Crippen molar-refractivity contribution in [3.05, 3.63) is 23.8 Å². The molecule has 4 rings (SSSR count). The van der Waals surface area contributed by atoms with Crippen molar-refractivity contribution in [2.45, 2.75) is 37.6 Å². The van der Waals surface area contributed by atoms with E-state index in [1.807, 2.05) is 0 Å². The van der Waals surface area contributed by atoms with Gasteiger partial charge in [0.05, 0.1) is 18.9 Å². The summed E-state index contributed by atoms with van der Waals surface area (Å²) in [5.41, 5.74) is 1.17. The molecule has 0 aliphatic carbocycles. The van der Waals surface area contributed by atoms with Gasteiger partial charge in [-0.05, 0) is 31.2 Å². The molecule has 2 fully saturated rings. The van der Waals surface area contributed by atoms with Crippen molar-refractivity contribution in [2.24, 2.45) is 5.16 Å². The smallest absolute Gasteiger partial charge is 0.387 e. The summed E-state index contributed by atoms with van der Waals surface area (Å²) in [6.45, 7) is -0.196. The minimum absolute atomic E-state index is 0.0316. The molecule has 1 spiro atoms. The summed E-state index contributed by atoms with van der Waals surface area (Å²) in [7, 11) is 0. The third kappa shape index (κ3) is 3.55. The van der Waals surface area contributed by atoms with Crippen LogP contribution in [0, 0.1) is 0 Å². The first kappa shape index (κ1) is 16.5. The normalized spacial score (nSPS) is 28.4. The fraction of sp³-hybridized carbons (Fsp3) is 0.588. The van der Waals surface area contributed by atoms with Gasteiger partial charge in [-0.15, -0.1) is 0 Å². The van der Waals surface area contributed by atoms with Gasteiger partial charge < -0.3 is 24.4 Å². The van der Waals surface area contributed by atoms with Crippen LogP contribution in [0.3, 0.4) is 0 Å². The van der Waals surface area contributed by atoms with Crippen molar-refractivity contribution >= 4 is 5.71 Å². The van der Waals surface area contributed by atoms with Crippen LogP contribution in [0.2, 0.25) is 0 Å². The van der Waals surface area contributed by atoms with Crippen molar-refractivity contribution in [1.82, 2.24) is 5.32 Å². The summed E-state index contributed by atoms with van der Waals surface area (Å²) < 4.78 is 41.2. The molecule has 0 radical (unpaired) electrons. The molecule has 3 aliphatic heterocycles. The van der Waals surface area contributed by atoms with Gasteiger partial charge in [0.2, 0.25) is 0 Å². The molecule has 8 heteroatoms. The van der Waals surface area contributed by atoms with Crippen molar-refractivity contribution in [1.29, 1.82) is 0 Å². The Balaban J connectivity index is 1.56. The Bertz CT molecular complexity index is 656. The van der Waals surface area contributed by atoms with Gasteiger partial charge in [-0.25, -0.2) is 0 Å². The third-order valence-electron chi connectivity index (χ3n) is 4.71. The molecule has 0 bridgehead atoms. The summed E-state index contributed by atoms with van der Waals surface area (Å²) in [5.74, 6) is 0.335. The molecule has 3 heterocycles. The molecule has 1 aromatic carbocycles. The molecule has 1 N–H and O–H groups in total. The number of oxime groups is 1. The van der Waals surface area contributed by atoms with Crippen LogP contribution in [-0.2, 0) is 9.57 Å². The van der Waals surface area contributed by atoms with E-state index >= 15 is 0 Å². The zero-order valence-corrected chi connectivity index (χ0v) is 13.7. The number of alkyl halides is 2. The van der Waals surface area contributed by atoms with Gasteiger partial charge in [-0.2, -0.15) is 8.78 Å². The van der Waals surface area contributed by atoms with Crippen LogP contribution >= 0.6 is 0 Å². The molecule has 1 aromatic rings. The van der Waals surface area contributed by atoms with Gasteiger partial charge in [0.25, 0.3) is 0 Å². The maximum Gasteiger partial charge on any atom is 0.387 e. The maximum absolute atomic E-state index is 12.7. The van der Waals surface area contributed by atoms with E-state index in [9.17, 15) is 8.78 Å². The largest absolute Gasteiger partial charge is 0.485 e. The predicted molar refractivity (Wildman–Crippen MR) is 85.4 cm³/mol. The van der Waals surface area contributed by atoms with Crippen molar-refractivity contribution in [3.63, 3.8) is 0 Å². The highest BCUT2D eigenvalue weighted by molar-refractivity contribution is 6.02. The summed E-state index contributed by atoms with van der Waals surface area (Å²) in [4.78, 5) is 5.60. The number of ether oxygens (including phenoxy) is 3. The Morgan fingerprint density at radius 3 is 2.96 bits per heavy atom. The molecule has 25 heavy (non-hydrogen) atoms. The van der Waals surface area contributed by atoms with Gasteiger partial charge >= 0.3 is 6.61 Å². The second-order valence-corrected chi connectivity index (χ2v) is 6.56. The standard InChI is InChI=1S/C17H20F2N2O4/c18-16(19)24-14-2-1-11(7-15(14)23-12-3-5-20-9-12)13-8-17(25-21-13)4-6-22-10-17/h1-2,7,12,16,20H,3-6,8-10H2/t12-,17?/m0/s1. The second-order valence-electron chi connectivity index (χ2n) is 6.56. The lowest BCUT2D eigenvalue weighted by Crippen LogP contribution is -2.29.